The van der Waals surface area contributed by atoms with E-state index in [0.29, 0.717) is 23.8 Å². The molecule has 1 unspecified atom stereocenters. The molecule has 1 aliphatic carbocycles. The Hall–Kier alpha value is -1.36. The molecule has 1 fully saturated rings. The van der Waals surface area contributed by atoms with Crippen molar-refractivity contribution in [1.82, 2.24) is 10.6 Å². The number of aliphatic imine (C=N–C) groups is 1. The van der Waals surface area contributed by atoms with Gasteiger partial charge in [0.1, 0.15) is 0 Å². The first-order valence-electron chi connectivity index (χ1n) is 8.98. The van der Waals surface area contributed by atoms with Crippen molar-refractivity contribution in [2.24, 2.45) is 10.4 Å². The minimum Gasteiger partial charge on any atom is -0.357 e. The van der Waals surface area contributed by atoms with Crippen LogP contribution in [0.2, 0.25) is 0 Å². The molecular formula is C19H31N3OS. The van der Waals surface area contributed by atoms with Crippen LogP contribution in [-0.2, 0) is 10.8 Å². The van der Waals surface area contributed by atoms with Gasteiger partial charge in [0.25, 0.3) is 0 Å². The van der Waals surface area contributed by atoms with E-state index >= 15 is 0 Å². The van der Waals surface area contributed by atoms with Gasteiger partial charge in [-0.1, -0.05) is 32.0 Å². The Morgan fingerprint density at radius 1 is 1.25 bits per heavy atom. The van der Waals surface area contributed by atoms with Gasteiger partial charge < -0.3 is 10.6 Å². The van der Waals surface area contributed by atoms with Crippen molar-refractivity contribution in [3.63, 3.8) is 0 Å². The van der Waals surface area contributed by atoms with E-state index in [-0.39, 0.29) is 0 Å². The fourth-order valence-electron chi connectivity index (χ4n) is 2.99. The summed E-state index contributed by atoms with van der Waals surface area (Å²) in [5.74, 6) is 1.41. The molecule has 0 aromatic heterocycles. The molecule has 0 aliphatic heterocycles. The van der Waals surface area contributed by atoms with Crippen molar-refractivity contribution in [1.29, 1.82) is 0 Å². The fourth-order valence-corrected chi connectivity index (χ4v) is 3.94. The summed E-state index contributed by atoms with van der Waals surface area (Å²) in [4.78, 5) is 5.49. The molecule has 1 aromatic rings. The Balaban J connectivity index is 1.83. The molecule has 1 atom stereocenters. The summed E-state index contributed by atoms with van der Waals surface area (Å²) in [7, 11) is -0.983. The van der Waals surface area contributed by atoms with Gasteiger partial charge in [-0.25, -0.2) is 0 Å². The molecule has 0 bridgehead atoms. The Bertz CT molecular complexity index is 547. The van der Waals surface area contributed by atoms with E-state index in [0.717, 1.165) is 17.4 Å². The first-order valence-corrected chi connectivity index (χ1v) is 10.3. The SMILES string of the molecule is CCNC(=NCCS(=O)c1ccccc1)NC1CCC(C)(C)CC1. The van der Waals surface area contributed by atoms with Crippen LogP contribution < -0.4 is 10.6 Å². The Kier molecular flexibility index (Phi) is 7.28. The molecule has 0 amide bonds. The maximum Gasteiger partial charge on any atom is 0.191 e. The average molecular weight is 350 g/mol. The second kappa shape index (κ2) is 9.21. The summed E-state index contributed by atoms with van der Waals surface area (Å²) in [5, 5.41) is 6.85. The van der Waals surface area contributed by atoms with Crippen molar-refractivity contribution in [2.45, 2.75) is 57.4 Å². The Morgan fingerprint density at radius 3 is 2.54 bits per heavy atom. The number of benzene rings is 1. The van der Waals surface area contributed by atoms with Gasteiger partial charge in [-0.15, -0.1) is 0 Å². The number of hydrogen-bond donors (Lipinski definition) is 2. The minimum absolute atomic E-state index is 0.472. The van der Waals surface area contributed by atoms with Crippen LogP contribution >= 0.6 is 0 Å². The van der Waals surface area contributed by atoms with E-state index < -0.39 is 10.8 Å². The molecule has 0 radical (unpaired) electrons. The lowest BCUT2D eigenvalue weighted by atomic mass is 9.75. The van der Waals surface area contributed by atoms with Crippen molar-refractivity contribution >= 4 is 16.8 Å². The zero-order chi connectivity index (χ0) is 17.4. The zero-order valence-electron chi connectivity index (χ0n) is 15.2. The second-order valence-corrected chi connectivity index (χ2v) is 8.78. The molecule has 0 saturated heterocycles. The van der Waals surface area contributed by atoms with Crippen molar-refractivity contribution < 1.29 is 4.21 Å². The summed E-state index contributed by atoms with van der Waals surface area (Å²) in [6.07, 6.45) is 4.88. The topological polar surface area (TPSA) is 53.5 Å². The number of rotatable bonds is 6. The van der Waals surface area contributed by atoms with Gasteiger partial charge in [0.05, 0.1) is 17.3 Å². The van der Waals surface area contributed by atoms with Crippen LogP contribution in [0.3, 0.4) is 0 Å². The van der Waals surface area contributed by atoms with Gasteiger partial charge in [-0.2, -0.15) is 0 Å². The Morgan fingerprint density at radius 2 is 1.92 bits per heavy atom. The number of guanidine groups is 1. The molecule has 2 rings (SSSR count). The number of hydrogen-bond acceptors (Lipinski definition) is 2. The van der Waals surface area contributed by atoms with Crippen LogP contribution in [-0.4, -0.2) is 35.1 Å². The predicted molar refractivity (Wildman–Crippen MR) is 103 cm³/mol. The molecule has 5 heteroatoms. The highest BCUT2D eigenvalue weighted by molar-refractivity contribution is 7.85. The molecule has 134 valence electrons. The first-order chi connectivity index (χ1) is 11.5. The lowest BCUT2D eigenvalue weighted by molar-refractivity contribution is 0.216. The van der Waals surface area contributed by atoms with E-state index in [9.17, 15) is 4.21 Å². The zero-order valence-corrected chi connectivity index (χ0v) is 16.0. The standard InChI is InChI=1S/C19H31N3OS/c1-4-20-18(22-16-10-12-19(2,3)13-11-16)21-14-15-24(23)17-8-6-5-7-9-17/h5-9,16H,4,10-15H2,1-3H3,(H2,20,21,22). The highest BCUT2D eigenvalue weighted by atomic mass is 32.2. The van der Waals surface area contributed by atoms with E-state index in [1.54, 1.807) is 0 Å². The molecule has 0 heterocycles. The predicted octanol–water partition coefficient (Wildman–Crippen LogP) is 3.32. The normalized spacial score (nSPS) is 19.7. The van der Waals surface area contributed by atoms with Gasteiger partial charge in [0.2, 0.25) is 0 Å². The molecule has 0 spiro atoms. The molecule has 2 N–H and O–H groups in total. The third-order valence-electron chi connectivity index (χ3n) is 4.58. The van der Waals surface area contributed by atoms with Crippen molar-refractivity contribution in [3.8, 4) is 0 Å². The van der Waals surface area contributed by atoms with E-state index in [4.69, 9.17) is 0 Å². The van der Waals surface area contributed by atoms with Crippen molar-refractivity contribution in [2.75, 3.05) is 18.8 Å². The van der Waals surface area contributed by atoms with E-state index in [1.165, 1.54) is 25.7 Å². The van der Waals surface area contributed by atoms with Crippen LogP contribution in [0, 0.1) is 5.41 Å². The molecule has 1 aliphatic rings. The monoisotopic (exact) mass is 349 g/mol. The van der Waals surface area contributed by atoms with Gasteiger partial charge in [0, 0.05) is 23.2 Å². The van der Waals surface area contributed by atoms with Crippen LogP contribution in [0.1, 0.15) is 46.5 Å². The largest absolute Gasteiger partial charge is 0.357 e. The summed E-state index contributed by atoms with van der Waals surface area (Å²) < 4.78 is 12.2. The summed E-state index contributed by atoms with van der Waals surface area (Å²) in [5.41, 5.74) is 0.472. The third-order valence-corrected chi connectivity index (χ3v) is 5.93. The van der Waals surface area contributed by atoms with Gasteiger partial charge >= 0.3 is 0 Å². The molecule has 24 heavy (non-hydrogen) atoms. The van der Waals surface area contributed by atoms with Gasteiger partial charge in [0.15, 0.2) is 5.96 Å². The van der Waals surface area contributed by atoms with Crippen LogP contribution in [0.4, 0.5) is 0 Å². The molecule has 4 nitrogen and oxygen atoms in total. The third kappa shape index (κ3) is 6.27. The summed E-state index contributed by atoms with van der Waals surface area (Å²) in [6, 6.07) is 10.1. The van der Waals surface area contributed by atoms with E-state index in [1.807, 2.05) is 30.3 Å². The minimum atomic E-state index is -0.983. The van der Waals surface area contributed by atoms with Crippen molar-refractivity contribution in [3.05, 3.63) is 30.3 Å². The highest BCUT2D eigenvalue weighted by Gasteiger charge is 2.27. The average Bonchev–Trinajstić information content (AvgIpc) is 2.57. The number of nitrogens with zero attached hydrogens (tertiary/aromatic N) is 1. The first kappa shape index (κ1) is 19.0. The quantitative estimate of drug-likeness (QED) is 0.612. The van der Waals surface area contributed by atoms with Crippen LogP contribution in [0.5, 0.6) is 0 Å². The molecule has 1 saturated carbocycles. The van der Waals surface area contributed by atoms with E-state index in [2.05, 4.69) is 36.4 Å². The fraction of sp³-hybridized carbons (Fsp3) is 0.632. The number of nitrogens with one attached hydrogen (secondary N) is 2. The maximum atomic E-state index is 12.2. The van der Waals surface area contributed by atoms with Gasteiger partial charge in [-0.3, -0.25) is 9.20 Å². The molecule has 1 aromatic carbocycles. The lowest BCUT2D eigenvalue weighted by Gasteiger charge is -2.35. The summed E-state index contributed by atoms with van der Waals surface area (Å²) >= 11 is 0. The summed E-state index contributed by atoms with van der Waals surface area (Å²) in [6.45, 7) is 8.17. The maximum absolute atomic E-state index is 12.2. The lowest BCUT2D eigenvalue weighted by Crippen LogP contribution is -2.45. The highest BCUT2D eigenvalue weighted by Crippen LogP contribution is 2.34. The molecular weight excluding hydrogens is 318 g/mol. The van der Waals surface area contributed by atoms with Gasteiger partial charge in [-0.05, 0) is 50.2 Å². The van der Waals surface area contributed by atoms with Crippen LogP contribution in [0.25, 0.3) is 0 Å². The van der Waals surface area contributed by atoms with Crippen LogP contribution in [0.15, 0.2) is 40.2 Å². The smallest absolute Gasteiger partial charge is 0.191 e. The Labute approximate surface area is 149 Å². The second-order valence-electron chi connectivity index (χ2n) is 7.21.